The minimum atomic E-state index is -0.385. The van der Waals surface area contributed by atoms with Crippen molar-refractivity contribution in [1.29, 1.82) is 0 Å². The summed E-state index contributed by atoms with van der Waals surface area (Å²) in [5.74, 6) is 0. The van der Waals surface area contributed by atoms with E-state index in [1.165, 1.54) is 29.4 Å². The van der Waals surface area contributed by atoms with Gasteiger partial charge in [-0.15, -0.1) is 0 Å². The van der Waals surface area contributed by atoms with Crippen LogP contribution < -0.4 is 5.32 Å². The Kier molecular flexibility index (Phi) is 4.38. The number of rotatable bonds is 3. The smallest absolute Gasteiger partial charge is 0.406 e. The second-order valence-corrected chi connectivity index (χ2v) is 5.48. The van der Waals surface area contributed by atoms with E-state index in [0.717, 1.165) is 0 Å². The first-order valence-electron chi connectivity index (χ1n) is 6.18. The molecule has 1 rings (SSSR count). The zero-order chi connectivity index (χ0) is 13.9. The molecule has 0 atom stereocenters. The van der Waals surface area contributed by atoms with Crippen LogP contribution in [0.25, 0.3) is 0 Å². The van der Waals surface area contributed by atoms with Crippen molar-refractivity contribution >= 4 is 6.09 Å². The first-order chi connectivity index (χ1) is 8.27. The standard InChI is InChI=1S/C15H23NO2/c1-10-7-12(3)13(8-11(10)2)15(4,5)9-16-14(17)18-6/h7-8H,9H2,1-6H3,(H,16,17). The zero-order valence-electron chi connectivity index (χ0n) is 12.2. The lowest BCUT2D eigenvalue weighted by Gasteiger charge is -2.28. The number of alkyl carbamates (subject to hydrolysis) is 1. The number of aryl methyl sites for hydroxylation is 3. The van der Waals surface area contributed by atoms with Gasteiger partial charge in [-0.25, -0.2) is 4.79 Å². The Bertz CT molecular complexity index is 450. The molecule has 0 saturated carbocycles. The van der Waals surface area contributed by atoms with Crippen LogP contribution in [0.1, 0.15) is 36.1 Å². The molecule has 100 valence electrons. The van der Waals surface area contributed by atoms with Crippen LogP contribution in [0.2, 0.25) is 0 Å². The van der Waals surface area contributed by atoms with Crippen molar-refractivity contribution in [3.8, 4) is 0 Å². The number of benzene rings is 1. The average molecular weight is 249 g/mol. The van der Waals surface area contributed by atoms with Crippen LogP contribution in [0.15, 0.2) is 12.1 Å². The predicted octanol–water partition coefficient (Wildman–Crippen LogP) is 3.25. The van der Waals surface area contributed by atoms with Gasteiger partial charge in [-0.2, -0.15) is 0 Å². The molecule has 3 heteroatoms. The second kappa shape index (κ2) is 5.42. The van der Waals surface area contributed by atoms with E-state index in [4.69, 9.17) is 0 Å². The molecule has 0 unspecified atom stereocenters. The van der Waals surface area contributed by atoms with Gasteiger partial charge in [0.05, 0.1) is 7.11 Å². The Hall–Kier alpha value is -1.51. The molecule has 0 aliphatic carbocycles. The van der Waals surface area contributed by atoms with Gasteiger partial charge < -0.3 is 10.1 Å². The lowest BCUT2D eigenvalue weighted by atomic mass is 9.80. The Morgan fingerprint density at radius 1 is 1.17 bits per heavy atom. The number of carbonyl (C=O) groups excluding carboxylic acids is 1. The lowest BCUT2D eigenvalue weighted by Crippen LogP contribution is -2.37. The van der Waals surface area contributed by atoms with Gasteiger partial charge in [-0.05, 0) is 43.0 Å². The van der Waals surface area contributed by atoms with Crippen LogP contribution in [-0.2, 0) is 10.2 Å². The predicted molar refractivity (Wildman–Crippen MR) is 74.1 cm³/mol. The maximum atomic E-state index is 11.2. The highest BCUT2D eigenvalue weighted by molar-refractivity contribution is 5.67. The molecule has 0 aliphatic heterocycles. The van der Waals surface area contributed by atoms with E-state index in [2.05, 4.69) is 56.8 Å². The van der Waals surface area contributed by atoms with Gasteiger partial charge in [-0.3, -0.25) is 0 Å². The molecule has 0 aliphatic rings. The Morgan fingerprint density at radius 2 is 1.72 bits per heavy atom. The number of hydrogen-bond donors (Lipinski definition) is 1. The highest BCUT2D eigenvalue weighted by atomic mass is 16.5. The Morgan fingerprint density at radius 3 is 2.28 bits per heavy atom. The molecule has 0 radical (unpaired) electrons. The number of carbonyl (C=O) groups is 1. The largest absolute Gasteiger partial charge is 0.453 e. The van der Waals surface area contributed by atoms with Crippen molar-refractivity contribution < 1.29 is 9.53 Å². The van der Waals surface area contributed by atoms with Gasteiger partial charge in [0.25, 0.3) is 0 Å². The topological polar surface area (TPSA) is 38.3 Å². The number of methoxy groups -OCH3 is 1. The van der Waals surface area contributed by atoms with Crippen molar-refractivity contribution in [2.75, 3.05) is 13.7 Å². The molecule has 1 aromatic rings. The quantitative estimate of drug-likeness (QED) is 0.893. The van der Waals surface area contributed by atoms with E-state index < -0.39 is 0 Å². The fourth-order valence-electron chi connectivity index (χ4n) is 2.15. The maximum absolute atomic E-state index is 11.2. The van der Waals surface area contributed by atoms with E-state index in [1.54, 1.807) is 0 Å². The van der Waals surface area contributed by atoms with Gasteiger partial charge in [-0.1, -0.05) is 26.0 Å². The van der Waals surface area contributed by atoms with Gasteiger partial charge >= 0.3 is 6.09 Å². The minimum Gasteiger partial charge on any atom is -0.453 e. The summed E-state index contributed by atoms with van der Waals surface area (Å²) in [5, 5.41) is 2.77. The third kappa shape index (κ3) is 3.25. The summed E-state index contributed by atoms with van der Waals surface area (Å²) in [6, 6.07) is 4.41. The summed E-state index contributed by atoms with van der Waals surface area (Å²) < 4.78 is 4.60. The number of amides is 1. The first-order valence-corrected chi connectivity index (χ1v) is 6.18. The van der Waals surface area contributed by atoms with E-state index in [0.29, 0.717) is 6.54 Å². The molecule has 18 heavy (non-hydrogen) atoms. The Labute approximate surface area is 110 Å². The van der Waals surface area contributed by atoms with Gasteiger partial charge in [0.15, 0.2) is 0 Å². The first kappa shape index (κ1) is 14.6. The van der Waals surface area contributed by atoms with Crippen molar-refractivity contribution in [2.24, 2.45) is 0 Å². The number of ether oxygens (including phenoxy) is 1. The van der Waals surface area contributed by atoms with Crippen LogP contribution in [-0.4, -0.2) is 19.7 Å². The minimum absolute atomic E-state index is 0.114. The maximum Gasteiger partial charge on any atom is 0.406 e. The van der Waals surface area contributed by atoms with Gasteiger partial charge in [0, 0.05) is 12.0 Å². The Balaban J connectivity index is 2.97. The highest BCUT2D eigenvalue weighted by Gasteiger charge is 2.23. The molecule has 1 amide bonds. The summed E-state index contributed by atoms with van der Waals surface area (Å²) in [5.41, 5.74) is 4.99. The highest BCUT2D eigenvalue weighted by Crippen LogP contribution is 2.28. The molecule has 0 saturated heterocycles. The van der Waals surface area contributed by atoms with Crippen LogP contribution in [0.3, 0.4) is 0 Å². The van der Waals surface area contributed by atoms with Gasteiger partial charge in [0.1, 0.15) is 0 Å². The fourth-order valence-corrected chi connectivity index (χ4v) is 2.15. The molecular formula is C15H23NO2. The van der Waals surface area contributed by atoms with Crippen LogP contribution in [0, 0.1) is 20.8 Å². The van der Waals surface area contributed by atoms with Crippen LogP contribution >= 0.6 is 0 Å². The summed E-state index contributed by atoms with van der Waals surface area (Å²) >= 11 is 0. The van der Waals surface area contributed by atoms with E-state index >= 15 is 0 Å². The van der Waals surface area contributed by atoms with Crippen molar-refractivity contribution in [3.63, 3.8) is 0 Å². The van der Waals surface area contributed by atoms with Crippen molar-refractivity contribution in [1.82, 2.24) is 5.32 Å². The fraction of sp³-hybridized carbons (Fsp3) is 0.533. The SMILES string of the molecule is COC(=O)NCC(C)(C)c1cc(C)c(C)cc1C. The molecule has 1 N–H and O–H groups in total. The van der Waals surface area contributed by atoms with Gasteiger partial charge in [0.2, 0.25) is 0 Å². The van der Waals surface area contributed by atoms with Crippen molar-refractivity contribution in [3.05, 3.63) is 34.4 Å². The van der Waals surface area contributed by atoms with Crippen LogP contribution in [0.5, 0.6) is 0 Å². The third-order valence-electron chi connectivity index (χ3n) is 3.43. The summed E-state index contributed by atoms with van der Waals surface area (Å²) in [6.07, 6.45) is -0.385. The van der Waals surface area contributed by atoms with Crippen LogP contribution in [0.4, 0.5) is 4.79 Å². The van der Waals surface area contributed by atoms with E-state index in [9.17, 15) is 4.79 Å². The second-order valence-electron chi connectivity index (χ2n) is 5.48. The molecule has 0 heterocycles. The normalized spacial score (nSPS) is 11.2. The summed E-state index contributed by atoms with van der Waals surface area (Å²) in [6.45, 7) is 11.2. The number of hydrogen-bond acceptors (Lipinski definition) is 2. The molecule has 0 fully saturated rings. The zero-order valence-corrected chi connectivity index (χ0v) is 12.2. The molecule has 0 spiro atoms. The van der Waals surface area contributed by atoms with Crippen molar-refractivity contribution in [2.45, 2.75) is 40.0 Å². The summed E-state index contributed by atoms with van der Waals surface area (Å²) in [4.78, 5) is 11.2. The third-order valence-corrected chi connectivity index (χ3v) is 3.43. The molecule has 3 nitrogen and oxygen atoms in total. The molecule has 1 aromatic carbocycles. The summed E-state index contributed by atoms with van der Waals surface area (Å²) in [7, 11) is 1.38. The molecular weight excluding hydrogens is 226 g/mol. The molecule has 0 aromatic heterocycles. The monoisotopic (exact) mass is 249 g/mol. The average Bonchev–Trinajstić information content (AvgIpc) is 2.30. The van der Waals surface area contributed by atoms with E-state index in [-0.39, 0.29) is 11.5 Å². The molecule has 0 bridgehead atoms. The number of nitrogens with one attached hydrogen (secondary N) is 1. The van der Waals surface area contributed by atoms with E-state index in [1.807, 2.05) is 0 Å². The lowest BCUT2D eigenvalue weighted by molar-refractivity contribution is 0.168.